The lowest BCUT2D eigenvalue weighted by atomic mass is 10.2. The molecule has 0 spiro atoms. The first-order valence-corrected chi connectivity index (χ1v) is 10.4. The van der Waals surface area contributed by atoms with Crippen molar-refractivity contribution in [3.05, 3.63) is 35.7 Å². The highest BCUT2D eigenvalue weighted by atomic mass is 79.9. The highest BCUT2D eigenvalue weighted by Gasteiger charge is 2.56. The maximum atomic E-state index is 12.6. The first kappa shape index (κ1) is 17.4. The molecule has 0 saturated heterocycles. The summed E-state index contributed by atoms with van der Waals surface area (Å²) in [5.74, 6) is -0.577. The van der Waals surface area contributed by atoms with Crippen molar-refractivity contribution in [2.75, 3.05) is 19.5 Å². The zero-order valence-corrected chi connectivity index (χ0v) is 16.1. The Kier molecular flexibility index (Phi) is 4.92. The van der Waals surface area contributed by atoms with E-state index in [0.29, 0.717) is 18.8 Å². The zero-order valence-electron chi connectivity index (χ0n) is 13.7. The predicted octanol–water partition coefficient (Wildman–Crippen LogP) is 3.10. The van der Waals surface area contributed by atoms with Crippen LogP contribution in [0.1, 0.15) is 34.7 Å². The van der Waals surface area contributed by atoms with Crippen LogP contribution in [0.4, 0.5) is 0 Å². The van der Waals surface area contributed by atoms with E-state index in [1.165, 1.54) is 0 Å². The Balaban J connectivity index is 2.19. The third-order valence-electron chi connectivity index (χ3n) is 4.06. The molecule has 0 radical (unpaired) electrons. The molecule has 0 N–H and O–H groups in total. The number of carbonyl (C=O) groups is 2. The van der Waals surface area contributed by atoms with Crippen molar-refractivity contribution in [1.29, 1.82) is 0 Å². The fourth-order valence-electron chi connectivity index (χ4n) is 3.13. The van der Waals surface area contributed by atoms with Crippen LogP contribution < -0.4 is 0 Å². The average Bonchev–Trinajstić information content (AvgIpc) is 3.02. The standard InChI is InChI=1S/C17H19BrNO4S/c1-4-22-16(20)11-10-8-6-7-9-19(10)13-12(18)15(17(21)23-5-2)24(3)14(11)13/h6-9,12,15H,4-5H2,1-3H3/q+1. The van der Waals surface area contributed by atoms with Gasteiger partial charge in [0, 0.05) is 17.1 Å². The Labute approximate surface area is 151 Å². The number of ether oxygens (including phenoxy) is 2. The molecule has 3 heterocycles. The molecule has 0 aromatic carbocycles. The summed E-state index contributed by atoms with van der Waals surface area (Å²) in [5, 5.41) is -0.333. The summed E-state index contributed by atoms with van der Waals surface area (Å²) in [6, 6.07) is 5.71. The van der Waals surface area contributed by atoms with Gasteiger partial charge in [-0.1, -0.05) is 22.0 Å². The molecular weight excluding hydrogens is 394 g/mol. The molecule has 0 amide bonds. The third kappa shape index (κ3) is 2.54. The molecule has 2 aromatic heterocycles. The van der Waals surface area contributed by atoms with Gasteiger partial charge in [0.05, 0.1) is 24.4 Å². The lowest BCUT2D eigenvalue weighted by Gasteiger charge is -2.12. The molecule has 2 aromatic rings. The Hall–Kier alpha value is -1.47. The van der Waals surface area contributed by atoms with Gasteiger partial charge < -0.3 is 13.9 Å². The fourth-order valence-corrected chi connectivity index (χ4v) is 7.08. The van der Waals surface area contributed by atoms with Gasteiger partial charge in [-0.25, -0.2) is 9.59 Å². The number of hydrogen-bond donors (Lipinski definition) is 0. The molecule has 24 heavy (non-hydrogen) atoms. The quantitative estimate of drug-likeness (QED) is 0.439. The molecule has 3 rings (SSSR count). The molecule has 1 aliphatic heterocycles. The highest BCUT2D eigenvalue weighted by Crippen LogP contribution is 2.48. The summed E-state index contributed by atoms with van der Waals surface area (Å²) >= 11 is 3.67. The molecule has 5 nitrogen and oxygen atoms in total. The number of alkyl halides is 1. The average molecular weight is 413 g/mol. The SMILES string of the molecule is CCOC(=O)c1c2c(n3ccccc13)C(Br)C(C(=O)OCC)[S+]2C. The van der Waals surface area contributed by atoms with Crippen LogP contribution in [0.3, 0.4) is 0 Å². The monoisotopic (exact) mass is 412 g/mol. The summed E-state index contributed by atoms with van der Waals surface area (Å²) in [6.45, 7) is 4.24. The number of esters is 2. The Bertz CT molecular complexity index is 803. The van der Waals surface area contributed by atoms with Gasteiger partial charge in [0.25, 0.3) is 0 Å². The Morgan fingerprint density at radius 1 is 1.25 bits per heavy atom. The largest absolute Gasteiger partial charge is 0.462 e. The first-order valence-electron chi connectivity index (χ1n) is 7.78. The number of rotatable bonds is 4. The lowest BCUT2D eigenvalue weighted by Crippen LogP contribution is -2.31. The molecule has 0 aliphatic carbocycles. The number of halogens is 1. The van der Waals surface area contributed by atoms with Gasteiger partial charge in [-0.3, -0.25) is 0 Å². The van der Waals surface area contributed by atoms with Crippen LogP contribution in [0.15, 0.2) is 29.3 Å². The van der Waals surface area contributed by atoms with Crippen molar-refractivity contribution >= 4 is 44.3 Å². The second-order valence-corrected chi connectivity index (χ2v) is 8.42. The van der Waals surface area contributed by atoms with Crippen LogP contribution >= 0.6 is 15.9 Å². The van der Waals surface area contributed by atoms with Gasteiger partial charge in [-0.15, -0.1) is 0 Å². The molecule has 3 unspecified atom stereocenters. The fraction of sp³-hybridized carbons (Fsp3) is 0.412. The van der Waals surface area contributed by atoms with Gasteiger partial charge in [-0.2, -0.15) is 0 Å². The summed E-state index contributed by atoms with van der Waals surface area (Å²) in [4.78, 5) is 25.7. The summed E-state index contributed by atoms with van der Waals surface area (Å²) in [7, 11) is -0.459. The zero-order chi connectivity index (χ0) is 17.4. The molecule has 7 heteroatoms. The van der Waals surface area contributed by atoms with Crippen LogP contribution in [0, 0.1) is 0 Å². The van der Waals surface area contributed by atoms with E-state index in [1.807, 2.05) is 35.1 Å². The van der Waals surface area contributed by atoms with E-state index >= 15 is 0 Å². The van der Waals surface area contributed by atoms with E-state index in [9.17, 15) is 9.59 Å². The maximum Gasteiger partial charge on any atom is 0.361 e. The van der Waals surface area contributed by atoms with Crippen molar-refractivity contribution < 1.29 is 19.1 Å². The van der Waals surface area contributed by atoms with Crippen molar-refractivity contribution in [3.8, 4) is 0 Å². The predicted molar refractivity (Wildman–Crippen MR) is 97.0 cm³/mol. The number of pyridine rings is 1. The first-order chi connectivity index (χ1) is 11.5. The minimum Gasteiger partial charge on any atom is -0.462 e. The summed E-state index contributed by atoms with van der Waals surface area (Å²) in [5.41, 5.74) is 2.32. The van der Waals surface area contributed by atoms with E-state index in [-0.39, 0.29) is 22.0 Å². The maximum absolute atomic E-state index is 12.6. The van der Waals surface area contributed by atoms with Gasteiger partial charge in [0.15, 0.2) is 4.90 Å². The molecule has 3 atom stereocenters. The molecule has 1 aliphatic rings. The van der Waals surface area contributed by atoms with E-state index in [4.69, 9.17) is 9.47 Å². The Morgan fingerprint density at radius 3 is 2.62 bits per heavy atom. The molecule has 0 bridgehead atoms. The van der Waals surface area contributed by atoms with Crippen LogP contribution in [-0.4, -0.2) is 41.1 Å². The van der Waals surface area contributed by atoms with E-state index in [1.54, 1.807) is 13.8 Å². The minimum atomic E-state index is -0.459. The minimum absolute atomic E-state index is 0.196. The Morgan fingerprint density at radius 2 is 1.96 bits per heavy atom. The smallest absolute Gasteiger partial charge is 0.361 e. The number of fused-ring (bicyclic) bond motifs is 3. The van der Waals surface area contributed by atoms with E-state index in [2.05, 4.69) is 15.9 Å². The van der Waals surface area contributed by atoms with Crippen LogP contribution in [0.2, 0.25) is 0 Å². The van der Waals surface area contributed by atoms with Gasteiger partial charge >= 0.3 is 11.9 Å². The lowest BCUT2D eigenvalue weighted by molar-refractivity contribution is -0.142. The second-order valence-electron chi connectivity index (χ2n) is 5.40. The van der Waals surface area contributed by atoms with Gasteiger partial charge in [0.1, 0.15) is 16.6 Å². The van der Waals surface area contributed by atoms with Crippen molar-refractivity contribution in [3.63, 3.8) is 0 Å². The molecular formula is C17H19BrNO4S+. The highest BCUT2D eigenvalue weighted by molar-refractivity contribution is 9.09. The molecule has 0 fully saturated rings. The van der Waals surface area contributed by atoms with Crippen molar-refractivity contribution in [2.24, 2.45) is 0 Å². The normalized spacial score (nSPS) is 22.4. The number of carbonyl (C=O) groups excluding carboxylic acids is 2. The summed E-state index contributed by atoms with van der Waals surface area (Å²) in [6.07, 6.45) is 3.90. The molecule has 0 saturated carbocycles. The number of hydrogen-bond acceptors (Lipinski definition) is 4. The second kappa shape index (κ2) is 6.80. The van der Waals surface area contributed by atoms with E-state index in [0.717, 1.165) is 16.1 Å². The van der Waals surface area contributed by atoms with E-state index < -0.39 is 10.9 Å². The molecule has 128 valence electrons. The van der Waals surface area contributed by atoms with Crippen LogP contribution in [-0.2, 0) is 25.2 Å². The van der Waals surface area contributed by atoms with Crippen molar-refractivity contribution in [1.82, 2.24) is 4.40 Å². The topological polar surface area (TPSA) is 57.0 Å². The van der Waals surface area contributed by atoms with Gasteiger partial charge in [-0.05, 0) is 26.0 Å². The summed E-state index contributed by atoms with van der Waals surface area (Å²) < 4.78 is 12.5. The van der Waals surface area contributed by atoms with Crippen LogP contribution in [0.5, 0.6) is 0 Å². The third-order valence-corrected chi connectivity index (χ3v) is 7.66. The van der Waals surface area contributed by atoms with Crippen LogP contribution in [0.25, 0.3) is 5.52 Å². The number of nitrogens with zero attached hydrogens (tertiary/aromatic N) is 1. The van der Waals surface area contributed by atoms with Gasteiger partial charge in [0.2, 0.25) is 5.25 Å². The number of aromatic nitrogens is 1. The van der Waals surface area contributed by atoms with Crippen molar-refractivity contribution in [2.45, 2.75) is 28.8 Å².